The van der Waals surface area contributed by atoms with Gasteiger partial charge in [0.15, 0.2) is 5.03 Å². The highest BCUT2D eigenvalue weighted by molar-refractivity contribution is 7.90. The van der Waals surface area contributed by atoms with Gasteiger partial charge in [-0.1, -0.05) is 120 Å². The van der Waals surface area contributed by atoms with Crippen LogP contribution in [0.5, 0.6) is 0 Å². The van der Waals surface area contributed by atoms with Crippen LogP contribution in [0.2, 0.25) is 0 Å². The Hall–Kier alpha value is -15.2. The molecule has 0 saturated heterocycles. The van der Waals surface area contributed by atoms with Gasteiger partial charge in [-0.15, -0.1) is 0 Å². The van der Waals surface area contributed by atoms with E-state index in [-0.39, 0.29) is 70.9 Å². The number of pyridine rings is 11. The lowest BCUT2D eigenvalue weighted by Gasteiger charge is -2.17. The maximum absolute atomic E-state index is 11.9. The number of nitrogens with zero attached hydrogens (tertiary/aromatic N) is 11. The predicted octanol–water partition coefficient (Wildman–Crippen LogP) is 10.6. The molecule has 0 aliphatic rings. The number of aryl methyl sites for hydroxylation is 1. The lowest BCUT2D eigenvalue weighted by molar-refractivity contribution is -0.172. The fourth-order valence-corrected chi connectivity index (χ4v) is 10.7. The number of carboxylic acids is 3. The van der Waals surface area contributed by atoms with Crippen molar-refractivity contribution >= 4 is 83.4 Å². The summed E-state index contributed by atoms with van der Waals surface area (Å²) in [5.74, 6) is -7.32. The number of alkyl halides is 6. The number of nitrogens with one attached hydrogen (secondary N) is 5. The number of aromatic nitrogens is 11. The first-order valence-electron chi connectivity index (χ1n) is 39.8. The number of primary sulfonamides is 1. The fourth-order valence-electron chi connectivity index (χ4n) is 8.74. The Kier molecular flexibility index (Phi) is 52.8. The van der Waals surface area contributed by atoms with Crippen LogP contribution in [0.1, 0.15) is 144 Å². The van der Waals surface area contributed by atoms with Gasteiger partial charge in [-0.3, -0.25) is 104 Å². The second-order valence-corrected chi connectivity index (χ2v) is 33.1. The number of aliphatic carboxylic acids is 3. The Morgan fingerprint density at radius 2 is 0.750 bits per heavy atom. The first kappa shape index (κ1) is 117. The normalized spacial score (nSPS) is 10.6. The molecule has 0 spiro atoms. The summed E-state index contributed by atoms with van der Waals surface area (Å²) in [5.41, 5.74) is 2.54. The zero-order chi connectivity index (χ0) is 102. The van der Waals surface area contributed by atoms with Crippen molar-refractivity contribution in [3.05, 3.63) is 356 Å². The molecule has 0 bridgehead atoms. The first-order valence-corrected chi connectivity index (χ1v) is 44.4. The average Bonchev–Trinajstić information content (AvgIpc) is 0.844. The number of primary amides is 1. The van der Waals surface area contributed by atoms with Crippen LogP contribution in [-0.2, 0) is 92.0 Å². The van der Waals surface area contributed by atoms with E-state index in [4.69, 9.17) is 31.3 Å². The lowest BCUT2D eigenvalue weighted by atomic mass is 9.89. The van der Waals surface area contributed by atoms with Crippen LogP contribution >= 0.6 is 0 Å². The van der Waals surface area contributed by atoms with Crippen molar-refractivity contribution in [2.75, 3.05) is 0 Å². The molecular weight excluding hydrogens is 1850 g/mol. The van der Waals surface area contributed by atoms with Crippen molar-refractivity contribution in [2.45, 2.75) is 133 Å². The Balaban J connectivity index is 0.000000509. The summed E-state index contributed by atoms with van der Waals surface area (Å²) in [6, 6.07) is 63.8. The second kappa shape index (κ2) is 61.5. The van der Waals surface area contributed by atoms with Crippen molar-refractivity contribution in [2.24, 2.45) is 16.3 Å². The highest BCUT2D eigenvalue weighted by Gasteiger charge is 2.45. The van der Waals surface area contributed by atoms with Crippen molar-refractivity contribution in [3.8, 4) is 0 Å². The number of imide groups is 2. The highest BCUT2D eigenvalue weighted by atomic mass is 32.2. The number of benzene rings is 1. The van der Waals surface area contributed by atoms with E-state index < -0.39 is 101 Å². The Labute approximate surface area is 779 Å². The van der Waals surface area contributed by atoms with Crippen LogP contribution in [-0.4, -0.2) is 172 Å². The molecule has 0 unspecified atom stereocenters. The molecule has 0 aliphatic heterocycles. The van der Waals surface area contributed by atoms with E-state index in [1.54, 1.807) is 230 Å². The summed E-state index contributed by atoms with van der Waals surface area (Å²) < 4.78 is 141. The molecule has 11 aromatic heterocycles. The Morgan fingerprint density at radius 1 is 0.397 bits per heavy atom. The number of halogens is 6. The van der Waals surface area contributed by atoms with Gasteiger partial charge in [-0.2, -0.15) is 26.3 Å². The number of rotatable bonds is 23. The van der Waals surface area contributed by atoms with Crippen molar-refractivity contribution < 1.29 is 115 Å². The first-order chi connectivity index (χ1) is 64.1. The zero-order valence-corrected chi connectivity index (χ0v) is 76.5. The minimum Gasteiger partial charge on any atom is -0.481 e. The van der Waals surface area contributed by atoms with Gasteiger partial charge >= 0.3 is 45.5 Å². The topological polar surface area (TPSA) is 591 Å². The third-order valence-electron chi connectivity index (χ3n) is 16.1. The molecule has 6 amide bonds. The number of carbonyl (C=O) groups is 9. The van der Waals surface area contributed by atoms with E-state index in [1.165, 1.54) is 71.4 Å². The zero-order valence-electron chi connectivity index (χ0n) is 74.0. The summed E-state index contributed by atoms with van der Waals surface area (Å²) in [4.78, 5) is 140. The summed E-state index contributed by atoms with van der Waals surface area (Å²) in [6.45, 7) is 12.4. The molecule has 12 rings (SSSR count). The largest absolute Gasteiger partial charge is 0.511 e. The third kappa shape index (κ3) is 50.4. The van der Waals surface area contributed by atoms with Crippen LogP contribution in [0.15, 0.2) is 309 Å². The van der Waals surface area contributed by atoms with Gasteiger partial charge < -0.3 is 31.5 Å². The molecular formula is C90H100F6N18O19S3. The van der Waals surface area contributed by atoms with E-state index in [1.807, 2.05) is 42.5 Å². The second-order valence-electron chi connectivity index (χ2n) is 28.0. The van der Waals surface area contributed by atoms with E-state index >= 15 is 0 Å². The number of aliphatic hydroxyl groups excluding tert-OH is 1. The molecule has 0 radical (unpaired) electrons. The summed E-state index contributed by atoms with van der Waals surface area (Å²) in [7, 11) is -12.3. The maximum Gasteiger partial charge on any atom is 0.511 e. The van der Waals surface area contributed by atoms with Crippen molar-refractivity contribution in [1.82, 2.24) is 80.2 Å². The van der Waals surface area contributed by atoms with E-state index in [0.29, 0.717) is 40.6 Å². The SMILES string of the molecule is CC(C)(C(=O)O)c1ccccn1.CC(C)(C)C(=O)NC(=O)c1ccccn1.CCC(CC)NC(=O)c1ccccn1.NC(=O)c1ccccn1.NS(=O)(=O)c1ccccn1.O=C(NC(=O)C(F)(F)F)c1ccccn1.O=C(O)CCc1ccccn1.O=C(O)Cc1ccccn1.O=S(=O)(NCc1ccccn1)C(F)(F)F.O=S(=O)(NCc1ccccn1)c1ccccc1.OCc1ccccn1. The molecule has 0 atom stereocenters. The van der Waals surface area contributed by atoms with Crippen molar-refractivity contribution in [3.63, 3.8) is 0 Å². The minimum atomic E-state index is -5.29. The van der Waals surface area contributed by atoms with Gasteiger partial charge in [0.1, 0.15) is 28.2 Å². The third-order valence-corrected chi connectivity index (χ3v) is 19.4. The monoisotopic (exact) mass is 1950 g/mol. The van der Waals surface area contributed by atoms with E-state index in [0.717, 1.165) is 18.5 Å². The predicted molar refractivity (Wildman–Crippen MR) is 485 cm³/mol. The van der Waals surface area contributed by atoms with Gasteiger partial charge in [0.2, 0.25) is 15.9 Å². The highest BCUT2D eigenvalue weighted by Crippen LogP contribution is 2.23. The van der Waals surface area contributed by atoms with Gasteiger partial charge in [-0.25, -0.2) is 44.8 Å². The molecule has 12 aromatic rings. The van der Waals surface area contributed by atoms with Crippen LogP contribution in [0.3, 0.4) is 0 Å². The molecule has 46 heteroatoms. The average molecular weight is 1950 g/mol. The number of nitrogens with two attached hydrogens (primary N) is 2. The molecule has 11 heterocycles. The molecule has 0 aliphatic carbocycles. The molecule has 0 fully saturated rings. The minimum absolute atomic E-state index is 0.000833. The molecule has 724 valence electrons. The summed E-state index contributed by atoms with van der Waals surface area (Å²) >= 11 is 0. The van der Waals surface area contributed by atoms with Gasteiger partial charge in [0.05, 0.1) is 65.9 Å². The standard InChI is InChI=1S/C12H12N2O2S.C11H14N2O2.C11H16N2O.C9H11NO2.C8H5F3N2O2.C8H9NO2.C7H7F3N2O2S.C7H7NO2.C6H6N2O.C6H7NO.C5H6N2O2S/c15-17(16,12-7-2-1-3-8-12)14-10-11-6-4-5-9-13-11;1-11(2,3)10(15)13-9(14)8-6-4-5-7-12-8;1-3-9(4-2)13-11(14)10-7-5-6-8-12-10;1-9(2,8(11)12)7-5-3-4-6-10-7;9-8(10,11)7(15)13-6(14)5-3-1-2-4-12-5;10-8(11)5-4-7-3-1-2-6-9-7;8-7(9,10)15(13,14)12-5-6-3-1-2-4-11-6;9-7(10)5-6-3-1-2-4-8-6;7-6(9)5-3-1-2-4-8-5;8-5-6-3-1-2-4-7-6;6-10(8,9)5-3-1-2-4-7-5/h1-9,14H,10H2;4-7H,1-3H3,(H,13,14,15);5-9H,3-4H2,1-2H3,(H,13,14);3-6H,1-2H3,(H,11,12);1-4H,(H,13,14,15);1-3,6H,4-5H2,(H,10,11);1-4,12H,5H2;1-4H,5H2,(H,9,10);1-4H,(H2,7,9);1-4,8H,5H2;1-4H,(H2,6,8,9). The van der Waals surface area contributed by atoms with Crippen molar-refractivity contribution in [1.29, 1.82) is 0 Å². The van der Waals surface area contributed by atoms with Gasteiger partial charge in [-0.05, 0) is 172 Å². The van der Waals surface area contributed by atoms with E-state index in [9.17, 15) is 94.7 Å². The molecule has 136 heavy (non-hydrogen) atoms. The van der Waals surface area contributed by atoms with Crippen LogP contribution in [0.4, 0.5) is 26.3 Å². The fraction of sp³-hybridized carbons (Fsp3) is 0.222. The molecule has 1 aromatic carbocycles. The van der Waals surface area contributed by atoms with Crippen LogP contribution in [0, 0.1) is 5.41 Å². The molecule has 13 N–H and O–H groups in total. The van der Waals surface area contributed by atoms with Gasteiger partial charge in [0, 0.05) is 91.7 Å². The van der Waals surface area contributed by atoms with Gasteiger partial charge in [0.25, 0.3) is 33.7 Å². The Bertz CT molecular complexity index is 5830. The molecule has 37 nitrogen and oxygen atoms in total. The number of carboxylic acid groups (broad SMARTS) is 3. The summed E-state index contributed by atoms with van der Waals surface area (Å²) in [6.07, 6.45) is 14.2. The number of hydrogen-bond donors (Lipinski definition) is 11. The lowest BCUT2D eigenvalue weighted by Crippen LogP contribution is -2.40. The van der Waals surface area contributed by atoms with Crippen LogP contribution < -0.4 is 36.3 Å². The Morgan fingerprint density at radius 3 is 1.05 bits per heavy atom. The number of carbonyl (C=O) groups excluding carboxylic acids is 6. The maximum atomic E-state index is 11.9. The molecule has 0 saturated carbocycles. The van der Waals surface area contributed by atoms with E-state index in [2.05, 4.69) is 84.0 Å². The number of amides is 6. The number of sulfonamides is 3. The van der Waals surface area contributed by atoms with Crippen LogP contribution in [0.25, 0.3) is 0 Å². The quantitative estimate of drug-likeness (QED) is 0.0265. The number of aliphatic hydroxyl groups is 1. The smallest absolute Gasteiger partial charge is 0.481 e. The number of hydrogen-bond acceptors (Lipinski definition) is 27. The summed E-state index contributed by atoms with van der Waals surface area (Å²) in [5, 5.41) is 45.1.